The number of nitrogens with one attached hydrogen (secondary N) is 1. The van der Waals surface area contributed by atoms with Gasteiger partial charge in [0.1, 0.15) is 12.2 Å². The molecule has 0 radical (unpaired) electrons. The summed E-state index contributed by atoms with van der Waals surface area (Å²) in [5, 5.41) is 3.09. The first-order chi connectivity index (χ1) is 14.8. The number of rotatable bonds is 7. The van der Waals surface area contributed by atoms with Crippen LogP contribution in [0.3, 0.4) is 0 Å². The molecule has 6 nitrogen and oxygen atoms in total. The summed E-state index contributed by atoms with van der Waals surface area (Å²) in [5.74, 6) is -0.0130. The lowest BCUT2D eigenvalue weighted by Crippen LogP contribution is -2.54. The predicted molar refractivity (Wildman–Crippen MR) is 134 cm³/mol. The molecule has 2 amide bonds. The summed E-state index contributed by atoms with van der Waals surface area (Å²) in [6.07, 6.45) is 3.14. The summed E-state index contributed by atoms with van der Waals surface area (Å²) in [7, 11) is 0. The van der Waals surface area contributed by atoms with E-state index in [1.165, 1.54) is 11.0 Å². The van der Waals surface area contributed by atoms with Crippen LogP contribution in [-0.4, -0.2) is 30.1 Å². The van der Waals surface area contributed by atoms with Gasteiger partial charge in [-0.25, -0.2) is 0 Å². The first kappa shape index (κ1) is 23.2. The average Bonchev–Trinajstić information content (AvgIpc) is 2.72. The molecular formula is C22H18ClIN2O4S. The molecule has 3 rings (SSSR count). The molecule has 0 unspecified atom stereocenters. The molecule has 1 aliphatic heterocycles. The van der Waals surface area contributed by atoms with E-state index in [0.717, 1.165) is 3.57 Å². The second-order valence-electron chi connectivity index (χ2n) is 6.30. The van der Waals surface area contributed by atoms with Crippen molar-refractivity contribution in [3.8, 4) is 11.5 Å². The van der Waals surface area contributed by atoms with Gasteiger partial charge >= 0.3 is 0 Å². The zero-order chi connectivity index (χ0) is 22.5. The second-order valence-corrected chi connectivity index (χ2v) is 8.28. The van der Waals surface area contributed by atoms with Gasteiger partial charge in [0.15, 0.2) is 16.6 Å². The summed E-state index contributed by atoms with van der Waals surface area (Å²) in [4.78, 5) is 27.0. The van der Waals surface area contributed by atoms with Gasteiger partial charge in [-0.3, -0.25) is 19.8 Å². The summed E-state index contributed by atoms with van der Waals surface area (Å²) in [6.45, 7) is 6.27. The van der Waals surface area contributed by atoms with Crippen molar-refractivity contribution in [1.29, 1.82) is 0 Å². The molecule has 0 aliphatic carbocycles. The number of anilines is 1. The number of carbonyl (C=O) groups is 2. The van der Waals surface area contributed by atoms with Crippen LogP contribution in [0.25, 0.3) is 6.08 Å². The van der Waals surface area contributed by atoms with Crippen LogP contribution in [0.15, 0.2) is 54.6 Å². The minimum absolute atomic E-state index is 0.00670. The lowest BCUT2D eigenvalue weighted by atomic mass is 10.1. The van der Waals surface area contributed by atoms with E-state index in [-0.39, 0.29) is 10.7 Å². The number of amides is 2. The van der Waals surface area contributed by atoms with E-state index in [1.54, 1.807) is 42.5 Å². The summed E-state index contributed by atoms with van der Waals surface area (Å²) < 4.78 is 12.2. The first-order valence-electron chi connectivity index (χ1n) is 9.22. The van der Waals surface area contributed by atoms with Gasteiger partial charge in [0, 0.05) is 5.02 Å². The quantitative estimate of drug-likeness (QED) is 0.172. The first-order valence-corrected chi connectivity index (χ1v) is 11.1. The Morgan fingerprint density at radius 1 is 1.23 bits per heavy atom. The Bertz CT molecular complexity index is 1090. The third kappa shape index (κ3) is 5.25. The molecule has 1 aliphatic rings. The van der Waals surface area contributed by atoms with Crippen LogP contribution in [0.5, 0.6) is 11.5 Å². The number of hydrogen-bond donors (Lipinski definition) is 1. The second kappa shape index (κ2) is 10.3. The molecule has 31 heavy (non-hydrogen) atoms. The number of ether oxygens (including phenoxy) is 2. The Hall–Kier alpha value is -2.43. The molecule has 9 heteroatoms. The molecule has 1 fully saturated rings. The van der Waals surface area contributed by atoms with Crippen LogP contribution in [0.4, 0.5) is 5.69 Å². The van der Waals surface area contributed by atoms with E-state index in [0.29, 0.717) is 41.0 Å². The van der Waals surface area contributed by atoms with E-state index in [4.69, 9.17) is 33.3 Å². The smallest absolute Gasteiger partial charge is 0.270 e. The van der Waals surface area contributed by atoms with E-state index < -0.39 is 11.8 Å². The van der Waals surface area contributed by atoms with Gasteiger partial charge in [-0.15, -0.1) is 0 Å². The van der Waals surface area contributed by atoms with Crippen molar-refractivity contribution in [2.45, 2.75) is 6.92 Å². The minimum Gasteiger partial charge on any atom is -0.490 e. The highest BCUT2D eigenvalue weighted by atomic mass is 127. The largest absolute Gasteiger partial charge is 0.490 e. The lowest BCUT2D eigenvalue weighted by Gasteiger charge is -2.29. The van der Waals surface area contributed by atoms with E-state index in [9.17, 15) is 9.59 Å². The topological polar surface area (TPSA) is 67.9 Å². The van der Waals surface area contributed by atoms with Crippen LogP contribution >= 0.6 is 46.4 Å². The maximum Gasteiger partial charge on any atom is 0.270 e. The molecular weight excluding hydrogens is 551 g/mol. The fourth-order valence-corrected chi connectivity index (χ4v) is 4.05. The molecule has 0 spiro atoms. The summed E-state index contributed by atoms with van der Waals surface area (Å²) >= 11 is 13.3. The van der Waals surface area contributed by atoms with Crippen molar-refractivity contribution in [2.75, 3.05) is 18.1 Å². The Labute approximate surface area is 204 Å². The monoisotopic (exact) mass is 568 g/mol. The SMILES string of the molecule is C=CCOc1c(I)cc(/C=C2\C(=O)NC(=S)N(c3ccc(Cl)cc3)C2=O)cc1OCC. The maximum absolute atomic E-state index is 13.1. The van der Waals surface area contributed by atoms with Crippen molar-refractivity contribution in [3.05, 3.63) is 68.8 Å². The van der Waals surface area contributed by atoms with Crippen molar-refractivity contribution >= 4 is 75.1 Å². The third-order valence-electron chi connectivity index (χ3n) is 4.17. The minimum atomic E-state index is -0.569. The highest BCUT2D eigenvalue weighted by molar-refractivity contribution is 14.1. The van der Waals surface area contributed by atoms with Gasteiger partial charge in [-0.2, -0.15) is 0 Å². The third-order valence-corrected chi connectivity index (χ3v) is 5.51. The number of carbonyl (C=O) groups excluding carboxylic acids is 2. The Kier molecular flexibility index (Phi) is 7.69. The average molecular weight is 569 g/mol. The highest BCUT2D eigenvalue weighted by Crippen LogP contribution is 2.35. The van der Waals surface area contributed by atoms with E-state index in [1.807, 2.05) is 6.92 Å². The van der Waals surface area contributed by atoms with Crippen molar-refractivity contribution < 1.29 is 19.1 Å². The maximum atomic E-state index is 13.1. The molecule has 0 saturated carbocycles. The van der Waals surface area contributed by atoms with Gasteiger partial charge in [0.2, 0.25) is 0 Å². The standard InChI is InChI=1S/C22H18ClIN2O4S/c1-3-9-30-19-17(24)11-13(12-18(19)29-4-2)10-16-20(27)25-22(31)26(21(16)28)15-7-5-14(23)6-8-15/h3,5-8,10-12H,1,4,9H2,2H3,(H,25,27,31)/b16-10+. The Balaban J connectivity index is 2.01. The Morgan fingerprint density at radius 2 is 1.94 bits per heavy atom. The number of hydrogen-bond acceptors (Lipinski definition) is 5. The zero-order valence-corrected chi connectivity index (χ0v) is 20.2. The molecule has 0 atom stereocenters. The van der Waals surface area contributed by atoms with Crippen LogP contribution in [0.2, 0.25) is 5.02 Å². The number of halogens is 2. The molecule has 1 heterocycles. The molecule has 2 aromatic rings. The van der Waals surface area contributed by atoms with Crippen LogP contribution < -0.4 is 19.7 Å². The molecule has 2 aromatic carbocycles. The normalized spacial score (nSPS) is 15.1. The van der Waals surface area contributed by atoms with Gasteiger partial charge in [-0.05, 0) is 89.8 Å². The van der Waals surface area contributed by atoms with Gasteiger partial charge in [0.05, 0.1) is 15.9 Å². The van der Waals surface area contributed by atoms with Gasteiger partial charge < -0.3 is 9.47 Å². The van der Waals surface area contributed by atoms with Crippen LogP contribution in [0.1, 0.15) is 12.5 Å². The van der Waals surface area contributed by atoms with Crippen molar-refractivity contribution in [1.82, 2.24) is 5.32 Å². The molecule has 1 saturated heterocycles. The Morgan fingerprint density at radius 3 is 2.58 bits per heavy atom. The molecule has 0 bridgehead atoms. The van der Waals surface area contributed by atoms with Crippen molar-refractivity contribution in [3.63, 3.8) is 0 Å². The highest BCUT2D eigenvalue weighted by Gasteiger charge is 2.34. The van der Waals surface area contributed by atoms with E-state index in [2.05, 4.69) is 34.5 Å². The van der Waals surface area contributed by atoms with Crippen molar-refractivity contribution in [2.24, 2.45) is 0 Å². The molecule has 1 N–H and O–H groups in total. The fourth-order valence-electron chi connectivity index (χ4n) is 2.87. The predicted octanol–water partition coefficient (Wildman–Crippen LogP) is 4.74. The van der Waals surface area contributed by atoms with Crippen LogP contribution in [0, 0.1) is 3.57 Å². The van der Waals surface area contributed by atoms with E-state index >= 15 is 0 Å². The number of nitrogens with zero attached hydrogens (tertiary/aromatic N) is 1. The zero-order valence-electron chi connectivity index (χ0n) is 16.5. The number of benzene rings is 2. The molecule has 160 valence electrons. The molecule has 0 aromatic heterocycles. The van der Waals surface area contributed by atoms with Gasteiger partial charge in [-0.1, -0.05) is 24.3 Å². The van der Waals surface area contributed by atoms with Gasteiger partial charge in [0.25, 0.3) is 11.8 Å². The summed E-state index contributed by atoms with van der Waals surface area (Å²) in [5.41, 5.74) is 1.06. The fraction of sp³-hybridized carbons (Fsp3) is 0.136. The van der Waals surface area contributed by atoms with Crippen LogP contribution in [-0.2, 0) is 9.59 Å². The lowest BCUT2D eigenvalue weighted by molar-refractivity contribution is -0.122. The summed E-state index contributed by atoms with van der Waals surface area (Å²) in [6, 6.07) is 10.1. The number of thiocarbonyl (C=S) groups is 1.